The minimum absolute atomic E-state index is 0.00281. The number of hydrogen-bond acceptors (Lipinski definition) is 11. The second-order valence-corrected chi connectivity index (χ2v) is 14.0. The molecule has 198 valence electrons. The minimum Gasteiger partial charge on any atom is -0.388 e. The number of rotatable bonds is 9. The van der Waals surface area contributed by atoms with Crippen LogP contribution >= 0.6 is 11.3 Å². The summed E-state index contributed by atoms with van der Waals surface area (Å²) in [5, 5.41) is 29.7. The summed E-state index contributed by atoms with van der Waals surface area (Å²) in [4.78, 5) is 18.9. The van der Waals surface area contributed by atoms with Crippen LogP contribution in [-0.2, 0) is 9.84 Å². The molecule has 0 amide bonds. The summed E-state index contributed by atoms with van der Waals surface area (Å²) >= 11 is 1.52. The Hall–Kier alpha value is -2.41. The zero-order valence-corrected chi connectivity index (χ0v) is 22.6. The van der Waals surface area contributed by atoms with Crippen molar-refractivity contribution in [1.29, 1.82) is 0 Å². The zero-order valence-electron chi connectivity index (χ0n) is 20.9. The first-order valence-corrected chi connectivity index (χ1v) is 15.6. The van der Waals surface area contributed by atoms with Crippen molar-refractivity contribution in [2.75, 3.05) is 22.1 Å². The molecule has 3 fully saturated rings. The average molecular weight is 545 g/mol. The molecule has 0 radical (unpaired) electrons. The van der Waals surface area contributed by atoms with Crippen molar-refractivity contribution in [2.24, 2.45) is 5.92 Å². The summed E-state index contributed by atoms with van der Waals surface area (Å²) in [7, 11) is -3.30. The third kappa shape index (κ3) is 4.91. The number of pyridine rings is 1. The first-order chi connectivity index (χ1) is 17.7. The smallest absolute Gasteiger partial charge is 0.225 e. The molecule has 10 nitrogen and oxygen atoms in total. The summed E-state index contributed by atoms with van der Waals surface area (Å²) in [6.07, 6.45) is 5.49. The molecule has 0 bridgehead atoms. The van der Waals surface area contributed by atoms with Gasteiger partial charge in [0, 0.05) is 29.8 Å². The molecule has 3 saturated carbocycles. The molecule has 3 aliphatic carbocycles. The molecule has 3 aromatic heterocycles. The van der Waals surface area contributed by atoms with Gasteiger partial charge in [-0.25, -0.2) is 18.4 Å². The number of aryl methyl sites for hydroxylation is 1. The van der Waals surface area contributed by atoms with Gasteiger partial charge in [-0.15, -0.1) is 11.3 Å². The maximum absolute atomic E-state index is 12.2. The lowest BCUT2D eigenvalue weighted by Gasteiger charge is -2.31. The number of sulfone groups is 1. The number of nitrogens with one attached hydrogen (secondary N) is 2. The van der Waals surface area contributed by atoms with Crippen LogP contribution in [0.4, 0.5) is 11.8 Å². The Balaban J connectivity index is 1.39. The lowest BCUT2D eigenvalue weighted by atomic mass is 10.0. The van der Waals surface area contributed by atoms with Crippen LogP contribution in [0.5, 0.6) is 0 Å². The second-order valence-electron chi connectivity index (χ2n) is 10.6. The summed E-state index contributed by atoms with van der Waals surface area (Å²) in [6.45, 7) is 3.48. The van der Waals surface area contributed by atoms with Crippen LogP contribution < -0.4 is 10.6 Å². The van der Waals surface area contributed by atoms with Gasteiger partial charge in [0.05, 0.1) is 27.4 Å². The van der Waals surface area contributed by atoms with Gasteiger partial charge in [-0.2, -0.15) is 4.98 Å². The van der Waals surface area contributed by atoms with E-state index in [2.05, 4.69) is 20.6 Å². The highest BCUT2D eigenvalue weighted by atomic mass is 32.2. The second kappa shape index (κ2) is 9.11. The fourth-order valence-electron chi connectivity index (χ4n) is 5.09. The maximum Gasteiger partial charge on any atom is 0.225 e. The first kappa shape index (κ1) is 24.9. The standard InChI is InChI=1S/C25H32N6O4S2/c1-3-37(34,35)12-15-8-10-25(33,21(15)32)31-22-18(13(2)27-24(30-22)28-16-6-7-16)23-29-20-17(36-23)9-11-26-19(20)14-4-5-14/h9,11,14-16,21,32-33H,3-8,10,12H2,1-2H3,(H2,27,28,30,31). The highest BCUT2D eigenvalue weighted by Crippen LogP contribution is 2.45. The molecule has 0 aromatic carbocycles. The summed E-state index contributed by atoms with van der Waals surface area (Å²) in [5.41, 5.74) is 1.54. The molecule has 12 heteroatoms. The molecular formula is C25H32N6O4S2. The molecule has 6 rings (SSSR count). The monoisotopic (exact) mass is 544 g/mol. The Bertz CT molecular complexity index is 1450. The number of aliphatic hydroxyl groups excluding tert-OH is 1. The molecule has 4 N–H and O–H groups in total. The van der Waals surface area contributed by atoms with Crippen LogP contribution in [0.2, 0.25) is 0 Å². The van der Waals surface area contributed by atoms with Gasteiger partial charge in [0.15, 0.2) is 5.72 Å². The molecule has 3 aliphatic rings. The zero-order chi connectivity index (χ0) is 25.9. The van der Waals surface area contributed by atoms with E-state index in [4.69, 9.17) is 9.97 Å². The fourth-order valence-corrected chi connectivity index (χ4v) is 7.40. The van der Waals surface area contributed by atoms with Gasteiger partial charge in [0.2, 0.25) is 5.95 Å². The van der Waals surface area contributed by atoms with Gasteiger partial charge in [-0.3, -0.25) is 4.98 Å². The van der Waals surface area contributed by atoms with E-state index in [9.17, 15) is 18.6 Å². The summed E-state index contributed by atoms with van der Waals surface area (Å²) in [5.74, 6) is 0.554. The van der Waals surface area contributed by atoms with Gasteiger partial charge in [0.1, 0.15) is 32.3 Å². The van der Waals surface area contributed by atoms with E-state index in [-0.39, 0.29) is 17.9 Å². The van der Waals surface area contributed by atoms with Crippen molar-refractivity contribution in [3.05, 3.63) is 23.7 Å². The predicted molar refractivity (Wildman–Crippen MR) is 143 cm³/mol. The number of thiazole rings is 1. The number of hydrogen-bond donors (Lipinski definition) is 4. The van der Waals surface area contributed by atoms with Crippen LogP contribution in [0.15, 0.2) is 12.3 Å². The maximum atomic E-state index is 12.2. The highest BCUT2D eigenvalue weighted by Gasteiger charge is 2.48. The number of anilines is 2. The number of aromatic nitrogens is 4. The van der Waals surface area contributed by atoms with Gasteiger partial charge >= 0.3 is 0 Å². The van der Waals surface area contributed by atoms with Crippen molar-refractivity contribution in [3.63, 3.8) is 0 Å². The third-order valence-corrected chi connectivity index (χ3v) is 10.4. The van der Waals surface area contributed by atoms with E-state index in [1.165, 1.54) is 11.3 Å². The van der Waals surface area contributed by atoms with E-state index < -0.39 is 27.6 Å². The molecule has 37 heavy (non-hydrogen) atoms. The van der Waals surface area contributed by atoms with Crippen molar-refractivity contribution in [3.8, 4) is 10.6 Å². The first-order valence-electron chi connectivity index (χ1n) is 13.0. The van der Waals surface area contributed by atoms with E-state index in [0.717, 1.165) is 41.6 Å². The van der Waals surface area contributed by atoms with Gasteiger partial charge in [0.25, 0.3) is 0 Å². The van der Waals surface area contributed by atoms with E-state index in [1.807, 2.05) is 19.2 Å². The van der Waals surface area contributed by atoms with Crippen LogP contribution in [-0.4, -0.2) is 67.9 Å². The topological polar surface area (TPSA) is 150 Å². The van der Waals surface area contributed by atoms with Crippen molar-refractivity contribution >= 4 is 43.2 Å². The Morgan fingerprint density at radius 1 is 1.16 bits per heavy atom. The Morgan fingerprint density at radius 3 is 2.65 bits per heavy atom. The summed E-state index contributed by atoms with van der Waals surface area (Å²) in [6, 6.07) is 2.29. The molecule has 0 saturated heterocycles. The number of fused-ring (bicyclic) bond motifs is 1. The average Bonchev–Trinajstić information content (AvgIpc) is 3.78. The third-order valence-electron chi connectivity index (χ3n) is 7.59. The lowest BCUT2D eigenvalue weighted by molar-refractivity contribution is -0.0442. The molecule has 3 heterocycles. The number of nitrogens with zero attached hydrogens (tertiary/aromatic N) is 4. The van der Waals surface area contributed by atoms with E-state index in [0.29, 0.717) is 46.4 Å². The van der Waals surface area contributed by atoms with Gasteiger partial charge in [-0.1, -0.05) is 6.92 Å². The molecule has 3 aromatic rings. The van der Waals surface area contributed by atoms with Gasteiger partial charge < -0.3 is 20.8 Å². The Labute approximate surface area is 219 Å². The Kier molecular flexibility index (Phi) is 6.13. The molecular weight excluding hydrogens is 512 g/mol. The fraction of sp³-hybridized carbons (Fsp3) is 0.600. The molecule has 0 spiro atoms. The Morgan fingerprint density at radius 2 is 1.95 bits per heavy atom. The van der Waals surface area contributed by atoms with Gasteiger partial charge in [-0.05, 0) is 51.5 Å². The van der Waals surface area contributed by atoms with Crippen molar-refractivity contribution in [1.82, 2.24) is 19.9 Å². The van der Waals surface area contributed by atoms with Crippen LogP contribution in [0, 0.1) is 12.8 Å². The summed E-state index contributed by atoms with van der Waals surface area (Å²) < 4.78 is 25.5. The molecule has 0 aliphatic heterocycles. The number of aliphatic hydroxyl groups is 2. The van der Waals surface area contributed by atoms with Crippen LogP contribution in [0.1, 0.15) is 62.8 Å². The SMILES string of the molecule is CCS(=O)(=O)CC1CCC(O)(Nc2nc(NC3CC3)nc(C)c2-c2nc3c(C4CC4)nccc3s2)C1O. The van der Waals surface area contributed by atoms with E-state index in [1.54, 1.807) is 6.92 Å². The van der Waals surface area contributed by atoms with Crippen LogP contribution in [0.25, 0.3) is 20.8 Å². The predicted octanol–water partition coefficient (Wildman–Crippen LogP) is 3.21. The molecule has 3 atom stereocenters. The largest absolute Gasteiger partial charge is 0.388 e. The van der Waals surface area contributed by atoms with Crippen LogP contribution in [0.3, 0.4) is 0 Å². The normalized spacial score (nSPS) is 26.1. The quantitative estimate of drug-likeness (QED) is 0.296. The van der Waals surface area contributed by atoms with Crippen molar-refractivity contribution < 1.29 is 18.6 Å². The van der Waals surface area contributed by atoms with Crippen molar-refractivity contribution in [2.45, 2.75) is 76.2 Å². The highest BCUT2D eigenvalue weighted by molar-refractivity contribution is 7.91. The molecule has 3 unspecified atom stereocenters. The van der Waals surface area contributed by atoms with E-state index >= 15 is 0 Å². The lowest BCUT2D eigenvalue weighted by Crippen LogP contribution is -2.48. The minimum atomic E-state index is -3.30.